The minimum absolute atomic E-state index is 0.00285. The molecule has 1 aromatic heterocycles. The number of ether oxygens (including phenoxy) is 2. The lowest BCUT2D eigenvalue weighted by Gasteiger charge is -2.15. The van der Waals surface area contributed by atoms with E-state index in [4.69, 9.17) is 9.47 Å². The molecule has 0 aliphatic carbocycles. The molecule has 5 heteroatoms. The Morgan fingerprint density at radius 3 is 2.62 bits per heavy atom. The van der Waals surface area contributed by atoms with Crippen molar-refractivity contribution in [3.05, 3.63) is 28.7 Å². The van der Waals surface area contributed by atoms with Crippen molar-refractivity contribution >= 4 is 5.69 Å². The van der Waals surface area contributed by atoms with Crippen LogP contribution in [0, 0.1) is 0 Å². The maximum Gasteiger partial charge on any atom is 0.250 e. The molecule has 90 valence electrons. The van der Waals surface area contributed by atoms with Crippen LogP contribution in [-0.4, -0.2) is 31.6 Å². The Labute approximate surface area is 95.0 Å². The zero-order chi connectivity index (χ0) is 12.0. The molecule has 0 radical (unpaired) electrons. The molecule has 0 aliphatic heterocycles. The topological polar surface area (TPSA) is 52.5 Å². The summed E-state index contributed by atoms with van der Waals surface area (Å²) in [5, 5.41) is 3.14. The average molecular weight is 226 g/mol. The summed E-state index contributed by atoms with van der Waals surface area (Å²) in [4.78, 5) is 11.3. The van der Waals surface area contributed by atoms with Crippen molar-refractivity contribution in [1.82, 2.24) is 4.57 Å². The number of aryl methyl sites for hydroxylation is 1. The molecule has 1 rings (SSSR count). The van der Waals surface area contributed by atoms with Crippen LogP contribution in [0.15, 0.2) is 23.1 Å². The van der Waals surface area contributed by atoms with Gasteiger partial charge in [-0.1, -0.05) is 0 Å². The van der Waals surface area contributed by atoms with E-state index in [-0.39, 0.29) is 11.8 Å². The Bertz CT molecular complexity index is 372. The van der Waals surface area contributed by atoms with E-state index in [1.807, 2.05) is 6.92 Å². The largest absolute Gasteiger partial charge is 0.379 e. The Balaban J connectivity index is 2.64. The third-order valence-electron chi connectivity index (χ3n) is 2.32. The van der Waals surface area contributed by atoms with Gasteiger partial charge in [-0.15, -0.1) is 0 Å². The molecule has 0 bridgehead atoms. The van der Waals surface area contributed by atoms with Crippen molar-refractivity contribution in [3.8, 4) is 0 Å². The fourth-order valence-electron chi connectivity index (χ4n) is 1.35. The number of hydrogen-bond acceptors (Lipinski definition) is 4. The highest BCUT2D eigenvalue weighted by molar-refractivity contribution is 5.40. The van der Waals surface area contributed by atoms with Gasteiger partial charge in [0.25, 0.3) is 5.56 Å². The van der Waals surface area contributed by atoms with Gasteiger partial charge in [0, 0.05) is 33.0 Å². The molecule has 0 unspecified atom stereocenters. The Morgan fingerprint density at radius 2 is 2.06 bits per heavy atom. The minimum atomic E-state index is -0.290. The monoisotopic (exact) mass is 226 g/mol. The van der Waals surface area contributed by atoms with Gasteiger partial charge < -0.3 is 19.4 Å². The van der Waals surface area contributed by atoms with Crippen LogP contribution in [0.3, 0.4) is 0 Å². The maximum atomic E-state index is 11.3. The molecule has 16 heavy (non-hydrogen) atoms. The quantitative estimate of drug-likeness (QED) is 0.732. The Hall–Kier alpha value is -1.33. The van der Waals surface area contributed by atoms with E-state index in [1.165, 1.54) is 0 Å². The van der Waals surface area contributed by atoms with Crippen LogP contribution in [-0.2, 0) is 16.0 Å². The van der Waals surface area contributed by atoms with E-state index in [1.54, 1.807) is 37.1 Å². The molecular formula is C11H18N2O3. The van der Waals surface area contributed by atoms with E-state index in [0.717, 1.165) is 5.69 Å². The highest BCUT2D eigenvalue weighted by Crippen LogP contribution is 2.04. The Morgan fingerprint density at radius 1 is 1.38 bits per heavy atom. The van der Waals surface area contributed by atoms with Gasteiger partial charge in [-0.25, -0.2) is 0 Å². The van der Waals surface area contributed by atoms with Crippen LogP contribution >= 0.6 is 0 Å². The molecule has 0 spiro atoms. The lowest BCUT2D eigenvalue weighted by atomic mass is 10.4. The molecule has 1 aromatic rings. The summed E-state index contributed by atoms with van der Waals surface area (Å²) in [6.07, 6.45) is 1.49. The lowest BCUT2D eigenvalue weighted by molar-refractivity contribution is -0.0914. The predicted octanol–water partition coefficient (Wildman–Crippen LogP) is 0.899. The number of methoxy groups -OCH3 is 2. The number of nitrogens with zero attached hydrogens (tertiary/aromatic N) is 1. The molecule has 0 saturated heterocycles. The van der Waals surface area contributed by atoms with E-state index in [9.17, 15) is 4.79 Å². The van der Waals surface area contributed by atoms with E-state index >= 15 is 0 Å². The molecule has 1 N–H and O–H groups in total. The van der Waals surface area contributed by atoms with Crippen LogP contribution < -0.4 is 10.9 Å². The van der Waals surface area contributed by atoms with Crippen molar-refractivity contribution in [2.24, 2.45) is 0 Å². The maximum absolute atomic E-state index is 11.3. The normalized spacial score (nSPS) is 10.8. The number of hydrogen-bond donors (Lipinski definition) is 1. The first-order valence-electron chi connectivity index (χ1n) is 5.21. The third-order valence-corrected chi connectivity index (χ3v) is 2.32. The van der Waals surface area contributed by atoms with Gasteiger partial charge in [-0.2, -0.15) is 0 Å². The van der Waals surface area contributed by atoms with Gasteiger partial charge in [0.2, 0.25) is 0 Å². The molecule has 0 aliphatic rings. The number of pyridine rings is 1. The van der Waals surface area contributed by atoms with Crippen molar-refractivity contribution in [3.63, 3.8) is 0 Å². The highest BCUT2D eigenvalue weighted by atomic mass is 16.7. The summed E-state index contributed by atoms with van der Waals surface area (Å²) in [6, 6.07) is 3.29. The van der Waals surface area contributed by atoms with Crippen LogP contribution in [0.2, 0.25) is 0 Å². The highest BCUT2D eigenvalue weighted by Gasteiger charge is 2.04. The SMILES string of the molecule is CCn1cc(NCC(OC)OC)ccc1=O. The zero-order valence-electron chi connectivity index (χ0n) is 9.90. The number of anilines is 1. The zero-order valence-corrected chi connectivity index (χ0v) is 9.90. The molecular weight excluding hydrogens is 208 g/mol. The van der Waals surface area contributed by atoms with Gasteiger partial charge in [0.05, 0.1) is 12.2 Å². The summed E-state index contributed by atoms with van der Waals surface area (Å²) < 4.78 is 11.7. The van der Waals surface area contributed by atoms with E-state index in [2.05, 4.69) is 5.32 Å². The van der Waals surface area contributed by atoms with Crippen LogP contribution in [0.4, 0.5) is 5.69 Å². The fraction of sp³-hybridized carbons (Fsp3) is 0.545. The predicted molar refractivity (Wildman–Crippen MR) is 62.7 cm³/mol. The standard InChI is InChI=1S/C11H18N2O3/c1-4-13-8-9(5-6-10(13)14)12-7-11(15-2)16-3/h5-6,8,11-12H,4,7H2,1-3H3. The first kappa shape index (κ1) is 12.7. The number of aromatic nitrogens is 1. The van der Waals surface area contributed by atoms with Crippen LogP contribution in [0.1, 0.15) is 6.92 Å². The van der Waals surface area contributed by atoms with Crippen molar-refractivity contribution in [2.45, 2.75) is 19.8 Å². The Kier molecular flexibility index (Phi) is 5.01. The summed E-state index contributed by atoms with van der Waals surface area (Å²) in [5.74, 6) is 0. The molecule has 0 aromatic carbocycles. The fourth-order valence-corrected chi connectivity index (χ4v) is 1.35. The van der Waals surface area contributed by atoms with Crippen molar-refractivity contribution < 1.29 is 9.47 Å². The van der Waals surface area contributed by atoms with Gasteiger partial charge in [0.1, 0.15) is 0 Å². The molecule has 0 atom stereocenters. The smallest absolute Gasteiger partial charge is 0.250 e. The van der Waals surface area contributed by atoms with Gasteiger partial charge in [-0.3, -0.25) is 4.79 Å². The van der Waals surface area contributed by atoms with Gasteiger partial charge in [0.15, 0.2) is 6.29 Å². The van der Waals surface area contributed by atoms with E-state index in [0.29, 0.717) is 13.1 Å². The summed E-state index contributed by atoms with van der Waals surface area (Å²) in [5.41, 5.74) is 0.878. The summed E-state index contributed by atoms with van der Waals surface area (Å²) >= 11 is 0. The molecule has 5 nitrogen and oxygen atoms in total. The first-order chi connectivity index (χ1) is 7.71. The number of nitrogens with one attached hydrogen (secondary N) is 1. The summed E-state index contributed by atoms with van der Waals surface area (Å²) in [6.45, 7) is 3.12. The van der Waals surface area contributed by atoms with E-state index < -0.39 is 0 Å². The second-order valence-electron chi connectivity index (χ2n) is 3.32. The van der Waals surface area contributed by atoms with Crippen molar-refractivity contribution in [1.29, 1.82) is 0 Å². The average Bonchev–Trinajstić information content (AvgIpc) is 2.32. The van der Waals surface area contributed by atoms with Crippen molar-refractivity contribution in [2.75, 3.05) is 26.1 Å². The molecule has 0 saturated carbocycles. The molecule has 0 amide bonds. The second-order valence-corrected chi connectivity index (χ2v) is 3.32. The van der Waals surface area contributed by atoms with Crippen LogP contribution in [0.5, 0.6) is 0 Å². The van der Waals surface area contributed by atoms with Crippen LogP contribution in [0.25, 0.3) is 0 Å². The molecule has 1 heterocycles. The minimum Gasteiger partial charge on any atom is -0.379 e. The summed E-state index contributed by atoms with van der Waals surface area (Å²) in [7, 11) is 3.17. The first-order valence-corrected chi connectivity index (χ1v) is 5.21. The number of rotatable bonds is 6. The lowest BCUT2D eigenvalue weighted by Crippen LogP contribution is -2.25. The van der Waals surface area contributed by atoms with Gasteiger partial charge >= 0.3 is 0 Å². The third kappa shape index (κ3) is 3.36. The second kappa shape index (κ2) is 6.30. The van der Waals surface area contributed by atoms with Gasteiger partial charge in [-0.05, 0) is 13.0 Å². The molecule has 0 fully saturated rings.